The Balaban J connectivity index is 1.28. The van der Waals surface area contributed by atoms with E-state index in [1.54, 1.807) is 54.7 Å². The van der Waals surface area contributed by atoms with Gasteiger partial charge in [-0.1, -0.05) is 30.7 Å². The number of nitrogens with one attached hydrogen (secondary N) is 2. The number of amidine groups is 1. The van der Waals surface area contributed by atoms with Crippen LogP contribution < -0.4 is 26.0 Å². The Bertz CT molecular complexity index is 2130. The van der Waals surface area contributed by atoms with Gasteiger partial charge in [-0.2, -0.15) is 31.7 Å². The van der Waals surface area contributed by atoms with E-state index < -0.39 is 46.3 Å². The number of nitrogens with zero attached hydrogens (tertiary/aromatic N) is 7. The van der Waals surface area contributed by atoms with Crippen LogP contribution in [0.1, 0.15) is 62.0 Å². The van der Waals surface area contributed by atoms with E-state index in [2.05, 4.69) is 24.5 Å². The maximum atomic E-state index is 14.2. The second-order valence-electron chi connectivity index (χ2n) is 12.6. The van der Waals surface area contributed by atoms with E-state index in [1.165, 1.54) is 40.7 Å². The number of rotatable bonds is 14. The Morgan fingerprint density at radius 3 is 2.68 bits per heavy atom. The number of benzene rings is 1. The summed E-state index contributed by atoms with van der Waals surface area (Å²) < 4.78 is 74.5. The highest BCUT2D eigenvalue weighted by Gasteiger charge is 2.42. The third kappa shape index (κ3) is 8.40. The van der Waals surface area contributed by atoms with Crippen molar-refractivity contribution in [1.82, 2.24) is 34.1 Å². The zero-order valence-electron chi connectivity index (χ0n) is 28.4. The first-order chi connectivity index (χ1) is 25.2. The number of alkyl halides is 2. The Morgan fingerprint density at radius 2 is 2.04 bits per heavy atom. The molecule has 3 aromatic heterocycles. The molecule has 4 aromatic rings. The van der Waals surface area contributed by atoms with Gasteiger partial charge < -0.3 is 15.7 Å². The predicted octanol–water partition coefficient (Wildman–Crippen LogP) is 4.43. The van der Waals surface area contributed by atoms with Crippen LogP contribution in [0.4, 0.5) is 19.0 Å². The van der Waals surface area contributed by atoms with Crippen molar-refractivity contribution in [3.8, 4) is 0 Å². The van der Waals surface area contributed by atoms with Gasteiger partial charge >= 0.3 is 6.55 Å². The first kappa shape index (κ1) is 38.4. The molecule has 0 radical (unpaired) electrons. The summed E-state index contributed by atoms with van der Waals surface area (Å²) in [5.74, 6) is 6.29. The molecule has 53 heavy (non-hydrogen) atoms. The fourth-order valence-corrected chi connectivity index (χ4v) is 8.60. The van der Waals surface area contributed by atoms with Crippen molar-refractivity contribution in [3.05, 3.63) is 111 Å². The van der Waals surface area contributed by atoms with Gasteiger partial charge in [0.05, 0.1) is 11.4 Å². The molecule has 0 bridgehead atoms. The fourth-order valence-electron chi connectivity index (χ4n) is 6.41. The average Bonchev–Trinajstić information content (AvgIpc) is 3.89. The number of aliphatic hydroxyl groups is 1. The lowest BCUT2D eigenvalue weighted by Crippen LogP contribution is -2.50. The monoisotopic (exact) mass is 791 g/mol. The van der Waals surface area contributed by atoms with Crippen molar-refractivity contribution in [3.63, 3.8) is 0 Å². The first-order valence-corrected chi connectivity index (χ1v) is 19.1. The lowest BCUT2D eigenvalue weighted by molar-refractivity contribution is 0.0558. The molecule has 5 heterocycles. The van der Waals surface area contributed by atoms with Crippen molar-refractivity contribution in [2.24, 2.45) is 16.6 Å². The van der Waals surface area contributed by atoms with Crippen LogP contribution in [0.25, 0.3) is 5.57 Å². The molecule has 1 fully saturated rings. The van der Waals surface area contributed by atoms with Gasteiger partial charge in [-0.3, -0.25) is 10.0 Å². The number of hydrogen-bond donors (Lipinski definition) is 5. The number of halogens is 4. The largest absolute Gasteiger partial charge is 0.398 e. The highest BCUT2D eigenvalue weighted by molar-refractivity contribution is 7.87. The molecule has 1 aromatic carbocycles. The molecule has 0 aliphatic carbocycles. The zero-order valence-corrected chi connectivity index (χ0v) is 30.8. The maximum Gasteiger partial charge on any atom is 0.333 e. The number of hydrazine groups is 1. The van der Waals surface area contributed by atoms with E-state index in [1.807, 2.05) is 0 Å². The Labute approximate surface area is 312 Å². The Hall–Kier alpha value is -4.37. The number of aliphatic imine (C=N–C) groups is 1. The predicted molar refractivity (Wildman–Crippen MR) is 196 cm³/mol. The molecule has 0 amide bonds. The molecule has 0 unspecified atom stereocenters. The van der Waals surface area contributed by atoms with Gasteiger partial charge in [0.2, 0.25) is 0 Å². The zero-order chi connectivity index (χ0) is 38.1. The smallest absolute Gasteiger partial charge is 0.333 e. The maximum absolute atomic E-state index is 14.2. The summed E-state index contributed by atoms with van der Waals surface area (Å²) in [4.78, 5) is 15.3. The molecule has 4 atom stereocenters. The molecule has 20 heteroatoms. The number of thiazole rings is 1. The van der Waals surface area contributed by atoms with Crippen molar-refractivity contribution in [1.29, 1.82) is 0 Å². The van der Waals surface area contributed by atoms with Crippen molar-refractivity contribution >= 4 is 50.4 Å². The molecule has 0 spiro atoms. The summed E-state index contributed by atoms with van der Waals surface area (Å²) in [6.07, 6.45) is 5.77. The first-order valence-electron chi connectivity index (χ1n) is 16.4. The summed E-state index contributed by atoms with van der Waals surface area (Å²) >= 11 is 7.84. The average molecular weight is 792 g/mol. The summed E-state index contributed by atoms with van der Waals surface area (Å²) in [7, 11) is -4.22. The standard InChI is InChI=1S/C33H37ClF3N11O3S2/c1-3-33(49,26(38)18-47(39)27-6-4-5-10-40-27)16-19(2)44-53(50,51)45-21-15-25-28(24-9-12-48(43-24)32(36)37)29(22-8-7-20(35)14-23(22)34)42-30(46(25)17-21)31-41-11-13-52-31/h4-14,18-19,21,29,32,44-45,49H,3,15-17,38-39H2,1-2H3/b26-18-/t19-,21-,29-,33-/m0/s1. The lowest BCUT2D eigenvalue weighted by Gasteiger charge is -2.32. The highest BCUT2D eigenvalue weighted by Crippen LogP contribution is 2.46. The van der Waals surface area contributed by atoms with Crippen LogP contribution in [-0.4, -0.2) is 68.2 Å². The van der Waals surface area contributed by atoms with Crippen molar-refractivity contribution in [2.45, 2.75) is 63.4 Å². The molecule has 2 aliphatic rings. The van der Waals surface area contributed by atoms with Gasteiger partial charge in [0.25, 0.3) is 10.2 Å². The van der Waals surface area contributed by atoms with Crippen molar-refractivity contribution < 1.29 is 26.7 Å². The number of fused-ring (bicyclic) bond motifs is 1. The SMILES string of the molecule is CC[C@](O)(C[C@H](C)NS(=O)(=O)N[C@H]1CC2=C(c3ccn(C(F)F)n3)[C@H](c3ccc(F)cc3Cl)N=C(c3nccs3)N2C1)/C(N)=C/N(N)c1ccccn1. The topological polar surface area (TPSA) is 193 Å². The van der Waals surface area contributed by atoms with Crippen LogP contribution in [0.3, 0.4) is 0 Å². The van der Waals surface area contributed by atoms with Gasteiger partial charge in [-0.05, 0) is 50.1 Å². The molecule has 0 saturated carbocycles. The Kier molecular flexibility index (Phi) is 11.2. The summed E-state index contributed by atoms with van der Waals surface area (Å²) in [5.41, 5.74) is 6.17. The normalized spacial score (nSPS) is 19.7. The van der Waals surface area contributed by atoms with Gasteiger partial charge in [0, 0.05) is 77.1 Å². The summed E-state index contributed by atoms with van der Waals surface area (Å²) in [6, 6.07) is 7.89. The molecule has 2 aliphatic heterocycles. The number of pyridine rings is 1. The van der Waals surface area contributed by atoms with Gasteiger partial charge in [0.1, 0.15) is 23.3 Å². The minimum absolute atomic E-state index is 0.0124. The number of hydrogen-bond acceptors (Lipinski definition) is 12. The minimum Gasteiger partial charge on any atom is -0.398 e. The van der Waals surface area contributed by atoms with E-state index in [9.17, 15) is 26.7 Å². The Morgan fingerprint density at radius 1 is 1.25 bits per heavy atom. The molecular weight excluding hydrogens is 755 g/mol. The molecular formula is C33H37ClF3N11O3S2. The highest BCUT2D eigenvalue weighted by atomic mass is 35.5. The number of anilines is 1. The fraction of sp³-hybridized carbons (Fsp3) is 0.333. The third-order valence-electron chi connectivity index (χ3n) is 8.86. The van der Waals surface area contributed by atoms with E-state index in [-0.39, 0.29) is 42.2 Å². The van der Waals surface area contributed by atoms with E-state index >= 15 is 0 Å². The van der Waals surface area contributed by atoms with Gasteiger partial charge in [0.15, 0.2) is 10.8 Å². The van der Waals surface area contributed by atoms with E-state index in [0.29, 0.717) is 38.2 Å². The van der Waals surface area contributed by atoms with Crippen molar-refractivity contribution in [2.75, 3.05) is 11.6 Å². The third-order valence-corrected chi connectivity index (χ3v) is 11.3. The quantitative estimate of drug-likeness (QED) is 0.0902. The van der Waals surface area contributed by atoms with Crippen LogP contribution in [0.5, 0.6) is 0 Å². The molecule has 1 saturated heterocycles. The second-order valence-corrected chi connectivity index (χ2v) is 15.4. The second kappa shape index (κ2) is 15.5. The molecule has 282 valence electrons. The van der Waals surface area contributed by atoms with Crippen LogP contribution in [0.2, 0.25) is 5.02 Å². The lowest BCUT2D eigenvalue weighted by atomic mass is 9.90. The number of aromatic nitrogens is 4. The van der Waals surface area contributed by atoms with Crippen LogP contribution in [0.15, 0.2) is 89.0 Å². The summed E-state index contributed by atoms with van der Waals surface area (Å²) in [6.45, 7) is 0.480. The van der Waals surface area contributed by atoms with Gasteiger partial charge in [-0.15, -0.1) is 11.3 Å². The van der Waals surface area contributed by atoms with Gasteiger partial charge in [-0.25, -0.2) is 24.9 Å². The van der Waals surface area contributed by atoms with Crippen LogP contribution in [0, 0.1) is 5.82 Å². The van der Waals surface area contributed by atoms with E-state index in [0.717, 1.165) is 12.3 Å². The van der Waals surface area contributed by atoms with Crippen LogP contribution in [-0.2, 0) is 10.2 Å². The summed E-state index contributed by atoms with van der Waals surface area (Å²) in [5, 5.41) is 19.1. The minimum atomic E-state index is -4.22. The number of nitrogens with two attached hydrogens (primary N) is 2. The van der Waals surface area contributed by atoms with Crippen LogP contribution >= 0.6 is 22.9 Å². The van der Waals surface area contributed by atoms with E-state index in [4.69, 9.17) is 28.2 Å². The molecule has 7 N–H and O–H groups in total. The molecule has 6 rings (SSSR count). The molecule has 14 nitrogen and oxygen atoms in total.